The van der Waals surface area contributed by atoms with Gasteiger partial charge in [-0.05, 0) is 56.0 Å². The summed E-state index contributed by atoms with van der Waals surface area (Å²) in [5, 5.41) is 14.3. The first-order chi connectivity index (χ1) is 12.0. The number of aromatic nitrogens is 1. The summed E-state index contributed by atoms with van der Waals surface area (Å²) in [5.41, 5.74) is 0.367. The van der Waals surface area contributed by atoms with E-state index in [1.165, 1.54) is 0 Å². The predicted molar refractivity (Wildman–Crippen MR) is 97.2 cm³/mol. The molecule has 4 nitrogen and oxygen atoms in total. The Bertz CT molecular complexity index is 803. The number of hydrogen-bond donors (Lipinski definition) is 2. The second kappa shape index (κ2) is 7.69. The number of amides is 1. The molecule has 25 heavy (non-hydrogen) atoms. The number of carbonyl (C=O) groups is 1. The van der Waals surface area contributed by atoms with E-state index in [0.29, 0.717) is 36.3 Å². The van der Waals surface area contributed by atoms with Gasteiger partial charge in [0.05, 0.1) is 0 Å². The van der Waals surface area contributed by atoms with Crippen molar-refractivity contribution in [3.8, 4) is 11.8 Å². The van der Waals surface area contributed by atoms with Gasteiger partial charge in [0.1, 0.15) is 5.60 Å². The molecule has 3 rings (SSSR count). The molecule has 0 atom stereocenters. The number of pyridine rings is 1. The minimum absolute atomic E-state index is 0.0499. The Morgan fingerprint density at radius 2 is 1.96 bits per heavy atom. The van der Waals surface area contributed by atoms with E-state index in [0.717, 1.165) is 5.56 Å². The molecular formula is C20H19ClN2O2. The summed E-state index contributed by atoms with van der Waals surface area (Å²) in [6.45, 7) is 0. The Hall–Kier alpha value is -2.35. The zero-order chi connectivity index (χ0) is 17.7. The lowest BCUT2D eigenvalue weighted by Crippen LogP contribution is -2.42. The highest BCUT2D eigenvalue weighted by Gasteiger charge is 2.32. The number of nitrogens with one attached hydrogen (secondary N) is 1. The second-order valence-corrected chi connectivity index (χ2v) is 6.71. The third kappa shape index (κ3) is 4.82. The van der Waals surface area contributed by atoms with Gasteiger partial charge in [0, 0.05) is 34.6 Å². The van der Waals surface area contributed by atoms with Crippen molar-refractivity contribution in [2.75, 3.05) is 0 Å². The molecule has 128 valence electrons. The first-order valence-corrected chi connectivity index (χ1v) is 8.64. The van der Waals surface area contributed by atoms with Crippen LogP contribution in [0.4, 0.5) is 0 Å². The normalized spacial score (nSPS) is 22.6. The number of rotatable bonds is 2. The van der Waals surface area contributed by atoms with E-state index in [2.05, 4.69) is 22.1 Å². The Morgan fingerprint density at radius 1 is 1.24 bits per heavy atom. The minimum atomic E-state index is -1.01. The van der Waals surface area contributed by atoms with Crippen LogP contribution in [0.25, 0.3) is 0 Å². The smallest absolute Gasteiger partial charge is 0.251 e. The summed E-state index contributed by atoms with van der Waals surface area (Å²) in [6, 6.07) is 10.7. The van der Waals surface area contributed by atoms with Gasteiger partial charge in [-0.25, -0.2) is 0 Å². The molecule has 0 radical (unpaired) electrons. The highest BCUT2D eigenvalue weighted by Crippen LogP contribution is 2.28. The van der Waals surface area contributed by atoms with E-state index in [4.69, 9.17) is 11.6 Å². The van der Waals surface area contributed by atoms with Crippen molar-refractivity contribution in [3.63, 3.8) is 0 Å². The number of carbonyl (C=O) groups excluding carboxylic acids is 1. The molecule has 1 saturated carbocycles. The third-order valence-corrected chi connectivity index (χ3v) is 4.59. The van der Waals surface area contributed by atoms with Crippen LogP contribution in [0, 0.1) is 11.8 Å². The van der Waals surface area contributed by atoms with Crippen LogP contribution in [0.2, 0.25) is 5.02 Å². The van der Waals surface area contributed by atoms with Crippen molar-refractivity contribution >= 4 is 17.5 Å². The number of halogens is 1. The van der Waals surface area contributed by atoms with Crippen LogP contribution in [0.5, 0.6) is 0 Å². The van der Waals surface area contributed by atoms with E-state index in [-0.39, 0.29) is 11.9 Å². The molecule has 0 saturated heterocycles. The van der Waals surface area contributed by atoms with Gasteiger partial charge in [-0.15, -0.1) is 0 Å². The molecule has 2 N–H and O–H groups in total. The SMILES string of the molecule is O=C(N[C@H]1CC[C@@](O)(C#Cc2cccc(Cl)c2)CC1)c1ccncc1. The largest absolute Gasteiger partial charge is 0.378 e. The van der Waals surface area contributed by atoms with Gasteiger partial charge >= 0.3 is 0 Å². The molecule has 1 fully saturated rings. The predicted octanol–water partition coefficient (Wildman–Crippen LogP) is 3.19. The van der Waals surface area contributed by atoms with E-state index in [9.17, 15) is 9.90 Å². The van der Waals surface area contributed by atoms with E-state index in [1.807, 2.05) is 12.1 Å². The Kier molecular flexibility index (Phi) is 5.37. The van der Waals surface area contributed by atoms with Crippen LogP contribution in [0.15, 0.2) is 48.8 Å². The molecule has 0 unspecified atom stereocenters. The Balaban J connectivity index is 1.57. The molecule has 0 aliphatic heterocycles. The molecule has 1 aliphatic carbocycles. The molecule has 0 bridgehead atoms. The summed E-state index contributed by atoms with van der Waals surface area (Å²) in [7, 11) is 0. The molecule has 5 heteroatoms. The van der Waals surface area contributed by atoms with Crippen molar-refractivity contribution in [1.29, 1.82) is 0 Å². The van der Waals surface area contributed by atoms with Crippen molar-refractivity contribution < 1.29 is 9.90 Å². The average molecular weight is 355 g/mol. The lowest BCUT2D eigenvalue weighted by molar-refractivity contribution is 0.0491. The monoisotopic (exact) mass is 354 g/mol. The van der Waals surface area contributed by atoms with Gasteiger partial charge in [0.25, 0.3) is 5.91 Å². The molecular weight excluding hydrogens is 336 g/mol. The summed E-state index contributed by atoms with van der Waals surface area (Å²) in [6.07, 6.45) is 5.64. The van der Waals surface area contributed by atoms with Gasteiger partial charge < -0.3 is 10.4 Å². The first kappa shape index (κ1) is 17.5. The van der Waals surface area contributed by atoms with E-state index >= 15 is 0 Å². The fourth-order valence-electron chi connectivity index (χ4n) is 2.89. The molecule has 1 amide bonds. The number of nitrogens with zero attached hydrogens (tertiary/aromatic N) is 1. The van der Waals surface area contributed by atoms with Crippen molar-refractivity contribution in [2.45, 2.75) is 37.3 Å². The molecule has 1 aromatic heterocycles. The fraction of sp³-hybridized carbons (Fsp3) is 0.300. The quantitative estimate of drug-likeness (QED) is 0.814. The van der Waals surface area contributed by atoms with Crippen LogP contribution >= 0.6 is 11.6 Å². The van der Waals surface area contributed by atoms with Crippen LogP contribution in [-0.4, -0.2) is 27.6 Å². The highest BCUT2D eigenvalue weighted by atomic mass is 35.5. The standard InChI is InChI=1S/C20H19ClN2O2/c21-17-3-1-2-15(14-17)4-9-20(25)10-5-18(6-11-20)23-19(24)16-7-12-22-13-8-16/h1-3,7-8,12-14,18,25H,5-6,10-11H2,(H,23,24)/t18-,20-. The molecule has 1 aliphatic rings. The van der Waals surface area contributed by atoms with Gasteiger partial charge in [-0.1, -0.05) is 29.5 Å². The van der Waals surface area contributed by atoms with Gasteiger partial charge in [-0.2, -0.15) is 0 Å². The number of hydrogen-bond acceptors (Lipinski definition) is 3. The van der Waals surface area contributed by atoms with Crippen LogP contribution in [-0.2, 0) is 0 Å². The maximum Gasteiger partial charge on any atom is 0.251 e. The molecule has 1 aromatic carbocycles. The van der Waals surface area contributed by atoms with Crippen molar-refractivity contribution in [3.05, 3.63) is 64.9 Å². The van der Waals surface area contributed by atoms with Crippen LogP contribution in [0.1, 0.15) is 41.6 Å². The van der Waals surface area contributed by atoms with Crippen LogP contribution in [0.3, 0.4) is 0 Å². The van der Waals surface area contributed by atoms with Crippen molar-refractivity contribution in [1.82, 2.24) is 10.3 Å². The molecule has 0 spiro atoms. The Morgan fingerprint density at radius 3 is 2.64 bits per heavy atom. The second-order valence-electron chi connectivity index (χ2n) is 6.28. The lowest BCUT2D eigenvalue weighted by Gasteiger charge is -2.32. The maximum absolute atomic E-state index is 12.2. The topological polar surface area (TPSA) is 62.2 Å². The maximum atomic E-state index is 12.2. The summed E-state index contributed by atoms with van der Waals surface area (Å²) < 4.78 is 0. The van der Waals surface area contributed by atoms with Gasteiger partial charge in [0.2, 0.25) is 0 Å². The molecule has 2 aromatic rings. The zero-order valence-electron chi connectivity index (χ0n) is 13.7. The number of aliphatic hydroxyl groups is 1. The van der Waals surface area contributed by atoms with E-state index in [1.54, 1.807) is 36.7 Å². The third-order valence-electron chi connectivity index (χ3n) is 4.35. The summed E-state index contributed by atoms with van der Waals surface area (Å²) in [5.74, 6) is 5.86. The average Bonchev–Trinajstić information content (AvgIpc) is 2.63. The fourth-order valence-corrected chi connectivity index (χ4v) is 3.08. The summed E-state index contributed by atoms with van der Waals surface area (Å²) in [4.78, 5) is 16.1. The lowest BCUT2D eigenvalue weighted by atomic mass is 9.82. The summed E-state index contributed by atoms with van der Waals surface area (Å²) >= 11 is 5.94. The van der Waals surface area contributed by atoms with Gasteiger partial charge in [-0.3, -0.25) is 9.78 Å². The zero-order valence-corrected chi connectivity index (χ0v) is 14.5. The Labute approximate surface area is 152 Å². The van der Waals surface area contributed by atoms with Gasteiger partial charge in [0.15, 0.2) is 0 Å². The van der Waals surface area contributed by atoms with Crippen molar-refractivity contribution in [2.24, 2.45) is 0 Å². The van der Waals surface area contributed by atoms with Crippen LogP contribution < -0.4 is 5.32 Å². The first-order valence-electron chi connectivity index (χ1n) is 8.26. The van der Waals surface area contributed by atoms with E-state index < -0.39 is 5.60 Å². The highest BCUT2D eigenvalue weighted by molar-refractivity contribution is 6.30. The minimum Gasteiger partial charge on any atom is -0.378 e. The number of benzene rings is 1. The molecule has 1 heterocycles.